The predicted molar refractivity (Wildman–Crippen MR) is 117 cm³/mol. The van der Waals surface area contributed by atoms with E-state index in [1.54, 1.807) is 0 Å². The number of imide groups is 1. The van der Waals surface area contributed by atoms with E-state index >= 15 is 0 Å². The second-order valence-corrected chi connectivity index (χ2v) is 8.49. The number of ketones is 1. The average Bonchev–Trinajstić information content (AvgIpc) is 3.06. The normalized spacial score (nSPS) is 22.1. The van der Waals surface area contributed by atoms with Gasteiger partial charge >= 0.3 is 5.97 Å². The van der Waals surface area contributed by atoms with Crippen LogP contribution in [0.1, 0.15) is 46.9 Å². The van der Waals surface area contributed by atoms with Crippen molar-refractivity contribution in [2.45, 2.75) is 26.2 Å². The molecule has 0 bridgehead atoms. The Morgan fingerprint density at radius 1 is 0.970 bits per heavy atom. The summed E-state index contributed by atoms with van der Waals surface area (Å²) in [6, 6.07) is 10.9. The first-order chi connectivity index (χ1) is 15.8. The van der Waals surface area contributed by atoms with Crippen molar-refractivity contribution in [3.8, 4) is 0 Å². The monoisotopic (exact) mass is 450 g/mol. The smallest absolute Gasteiger partial charge is 0.338 e. The van der Waals surface area contributed by atoms with Gasteiger partial charge in [-0.15, -0.1) is 0 Å². The van der Waals surface area contributed by atoms with Gasteiger partial charge in [0.05, 0.1) is 28.0 Å². The third kappa shape index (κ3) is 4.39. The number of esters is 1. The number of benzene rings is 2. The van der Waals surface area contributed by atoms with Gasteiger partial charge in [0.25, 0.3) is 5.69 Å². The van der Waals surface area contributed by atoms with E-state index in [0.29, 0.717) is 24.4 Å². The Balaban J connectivity index is 1.38. The highest BCUT2D eigenvalue weighted by molar-refractivity contribution is 6.22. The van der Waals surface area contributed by atoms with Gasteiger partial charge in [0.2, 0.25) is 11.8 Å². The lowest BCUT2D eigenvalue weighted by Crippen LogP contribution is -2.30. The predicted octanol–water partition coefficient (Wildman–Crippen LogP) is 3.56. The van der Waals surface area contributed by atoms with Crippen LogP contribution in [0.4, 0.5) is 11.4 Å². The summed E-state index contributed by atoms with van der Waals surface area (Å²) in [6.45, 7) is 1.56. The number of rotatable bonds is 6. The molecule has 0 N–H and O–H groups in total. The van der Waals surface area contributed by atoms with E-state index in [-0.39, 0.29) is 40.5 Å². The van der Waals surface area contributed by atoms with Crippen LogP contribution in [0.25, 0.3) is 0 Å². The highest BCUT2D eigenvalue weighted by atomic mass is 16.6. The van der Waals surface area contributed by atoms with E-state index in [4.69, 9.17) is 4.74 Å². The summed E-state index contributed by atoms with van der Waals surface area (Å²) in [6.07, 6.45) is 2.34. The summed E-state index contributed by atoms with van der Waals surface area (Å²) in [7, 11) is 0. The lowest BCUT2D eigenvalue weighted by molar-refractivity contribution is -0.384. The Kier molecular flexibility index (Phi) is 6.04. The molecular weight excluding hydrogens is 428 g/mol. The molecule has 33 heavy (non-hydrogen) atoms. The third-order valence-corrected chi connectivity index (χ3v) is 6.28. The third-order valence-electron chi connectivity index (χ3n) is 6.28. The number of carbonyl (C=O) groups excluding carboxylic acids is 4. The molecule has 1 saturated carbocycles. The van der Waals surface area contributed by atoms with Gasteiger partial charge in [-0.2, -0.15) is 0 Å². The van der Waals surface area contributed by atoms with Crippen molar-refractivity contribution in [1.29, 1.82) is 0 Å². The van der Waals surface area contributed by atoms with Gasteiger partial charge in [0.1, 0.15) is 0 Å². The van der Waals surface area contributed by atoms with Crippen molar-refractivity contribution in [2.75, 3.05) is 11.5 Å². The Labute approximate surface area is 189 Å². The number of carbonyl (C=O) groups is 4. The Morgan fingerprint density at radius 3 is 2.21 bits per heavy atom. The number of fused-ring (bicyclic) bond motifs is 1. The Morgan fingerprint density at radius 2 is 1.58 bits per heavy atom. The molecular formula is C24H22N2O7. The quantitative estimate of drug-likeness (QED) is 0.217. The topological polar surface area (TPSA) is 124 Å². The van der Waals surface area contributed by atoms with Crippen LogP contribution >= 0.6 is 0 Å². The van der Waals surface area contributed by atoms with Crippen LogP contribution < -0.4 is 4.90 Å². The van der Waals surface area contributed by atoms with Crippen LogP contribution in [0.15, 0.2) is 48.5 Å². The zero-order chi connectivity index (χ0) is 23.7. The van der Waals surface area contributed by atoms with E-state index in [0.717, 1.165) is 6.42 Å². The van der Waals surface area contributed by atoms with E-state index in [1.807, 2.05) is 0 Å². The van der Waals surface area contributed by atoms with Crippen molar-refractivity contribution in [1.82, 2.24) is 0 Å². The van der Waals surface area contributed by atoms with Gasteiger partial charge in [0.15, 0.2) is 12.4 Å². The first-order valence-corrected chi connectivity index (χ1v) is 10.7. The fourth-order valence-corrected chi connectivity index (χ4v) is 4.46. The molecule has 1 aliphatic heterocycles. The number of ether oxygens (including phenoxy) is 1. The number of hydrogen-bond donors (Lipinski definition) is 0. The van der Waals surface area contributed by atoms with Gasteiger partial charge in [-0.3, -0.25) is 29.4 Å². The lowest BCUT2D eigenvalue weighted by Gasteiger charge is -2.25. The molecule has 2 fully saturated rings. The van der Waals surface area contributed by atoms with Crippen LogP contribution in [0.3, 0.4) is 0 Å². The first-order valence-electron chi connectivity index (χ1n) is 10.7. The maximum absolute atomic E-state index is 12.8. The highest BCUT2D eigenvalue weighted by Crippen LogP contribution is 2.42. The van der Waals surface area contributed by atoms with Crippen molar-refractivity contribution in [3.63, 3.8) is 0 Å². The molecule has 0 radical (unpaired) electrons. The summed E-state index contributed by atoms with van der Waals surface area (Å²) >= 11 is 0. The lowest BCUT2D eigenvalue weighted by atomic mass is 9.76. The van der Waals surface area contributed by atoms with E-state index < -0.39 is 23.3 Å². The van der Waals surface area contributed by atoms with E-state index in [2.05, 4.69) is 6.92 Å². The number of nitrogens with zero attached hydrogens (tertiary/aromatic N) is 2. The minimum atomic E-state index is -0.738. The molecule has 0 spiro atoms. The van der Waals surface area contributed by atoms with Gasteiger partial charge < -0.3 is 4.74 Å². The van der Waals surface area contributed by atoms with Crippen molar-refractivity contribution >= 4 is 34.9 Å². The minimum Gasteiger partial charge on any atom is -0.454 e. The Bertz CT molecular complexity index is 1120. The second kappa shape index (κ2) is 8.93. The summed E-state index contributed by atoms with van der Waals surface area (Å²) in [5.74, 6) is -1.77. The number of amides is 2. The standard InChI is InChI=1S/C24H22N2O7/c1-14-2-11-19-20(12-14)23(29)25(22(19)28)17-7-5-16(6-8-17)24(30)33-13-21(27)15-3-9-18(10-4-15)26(31)32/h3-10,14,19-20H,2,11-13H2,1H3/t14-,19+,20+/m0/s1. The van der Waals surface area contributed by atoms with Crippen molar-refractivity contribution in [3.05, 3.63) is 69.8 Å². The van der Waals surface area contributed by atoms with Crippen LogP contribution in [0, 0.1) is 27.9 Å². The van der Waals surface area contributed by atoms with Crippen LogP contribution in [0.5, 0.6) is 0 Å². The molecule has 9 heteroatoms. The number of hydrogen-bond acceptors (Lipinski definition) is 7. The van der Waals surface area contributed by atoms with Crippen molar-refractivity contribution < 1.29 is 28.8 Å². The Hall–Kier alpha value is -3.88. The SMILES string of the molecule is C[C@H]1CC[C@H]2C(=O)N(c3ccc(C(=O)OCC(=O)c4ccc([N+](=O)[O-])cc4)cc3)C(=O)[C@@H]2C1. The number of Topliss-reactive ketones (excluding diaryl/α,β-unsaturated/α-hetero) is 1. The molecule has 1 saturated heterocycles. The molecule has 0 unspecified atom stereocenters. The molecule has 1 aliphatic carbocycles. The molecule has 2 aromatic carbocycles. The van der Waals surface area contributed by atoms with Crippen LogP contribution in [-0.2, 0) is 14.3 Å². The summed E-state index contributed by atoms with van der Waals surface area (Å²) in [4.78, 5) is 61.4. The molecule has 2 amide bonds. The molecule has 1 heterocycles. The summed E-state index contributed by atoms with van der Waals surface area (Å²) in [5.41, 5.74) is 0.615. The molecule has 2 aromatic rings. The van der Waals surface area contributed by atoms with Gasteiger partial charge in [0, 0.05) is 17.7 Å². The van der Waals surface area contributed by atoms with Crippen LogP contribution in [-0.4, -0.2) is 35.1 Å². The molecule has 3 atom stereocenters. The zero-order valence-corrected chi connectivity index (χ0v) is 17.9. The largest absolute Gasteiger partial charge is 0.454 e. The number of nitro benzene ring substituents is 1. The number of nitro groups is 1. The molecule has 4 rings (SSSR count). The molecule has 0 aromatic heterocycles. The van der Waals surface area contributed by atoms with Gasteiger partial charge in [-0.25, -0.2) is 4.79 Å². The van der Waals surface area contributed by atoms with E-state index in [1.165, 1.54) is 53.4 Å². The summed E-state index contributed by atoms with van der Waals surface area (Å²) < 4.78 is 5.05. The van der Waals surface area contributed by atoms with Gasteiger partial charge in [-0.05, 0) is 61.6 Å². The summed E-state index contributed by atoms with van der Waals surface area (Å²) in [5, 5.41) is 10.7. The fourth-order valence-electron chi connectivity index (χ4n) is 4.46. The number of non-ortho nitro benzene ring substituents is 1. The molecule has 2 aliphatic rings. The highest BCUT2D eigenvalue weighted by Gasteiger charge is 2.49. The van der Waals surface area contributed by atoms with E-state index in [9.17, 15) is 29.3 Å². The maximum atomic E-state index is 12.8. The first kappa shape index (κ1) is 22.3. The van der Waals surface area contributed by atoms with Crippen molar-refractivity contribution in [2.24, 2.45) is 17.8 Å². The van der Waals surface area contributed by atoms with Crippen LogP contribution in [0.2, 0.25) is 0 Å². The zero-order valence-electron chi connectivity index (χ0n) is 17.9. The fraction of sp³-hybridized carbons (Fsp3) is 0.333. The number of anilines is 1. The maximum Gasteiger partial charge on any atom is 0.338 e. The molecule has 9 nitrogen and oxygen atoms in total. The second-order valence-electron chi connectivity index (χ2n) is 8.49. The minimum absolute atomic E-state index is 0.146. The average molecular weight is 450 g/mol. The van der Waals surface area contributed by atoms with Gasteiger partial charge in [-0.1, -0.05) is 6.92 Å². The molecule has 170 valence electrons.